The van der Waals surface area contributed by atoms with Crippen LogP contribution in [0.5, 0.6) is 0 Å². The molecule has 4 rings (SSSR count). The molecule has 3 aromatic carbocycles. The number of benzene rings is 3. The summed E-state index contributed by atoms with van der Waals surface area (Å²) in [5, 5.41) is 3.10. The van der Waals surface area contributed by atoms with Gasteiger partial charge in [-0.15, -0.1) is 0 Å². The minimum atomic E-state index is -1.57. The van der Waals surface area contributed by atoms with Crippen LogP contribution in [0, 0.1) is 0 Å². The number of hydrogen-bond donors (Lipinski definition) is 0. The zero-order valence-corrected chi connectivity index (χ0v) is 14.6. The summed E-state index contributed by atoms with van der Waals surface area (Å²) in [6.45, 7) is 4.91. The molecule has 0 radical (unpaired) electrons. The Kier molecular flexibility index (Phi) is 3.31. The Labute approximate surface area is 139 Å². The molecular weight excluding hydrogens is 292 g/mol. The third-order valence-electron chi connectivity index (χ3n) is 4.91. The molecule has 0 atom stereocenters. The lowest BCUT2D eigenvalue weighted by atomic mass is 10.0. The summed E-state index contributed by atoms with van der Waals surface area (Å²) in [5.41, 5.74) is 5.34. The zero-order chi connectivity index (χ0) is 15.9. The topological polar surface area (TPSA) is 0 Å². The van der Waals surface area contributed by atoms with Gasteiger partial charge in [-0.05, 0) is 32.6 Å². The molecule has 0 fully saturated rings. The lowest BCUT2D eigenvalue weighted by Crippen LogP contribution is -2.40. The summed E-state index contributed by atoms with van der Waals surface area (Å²) in [6.07, 6.45) is 2.40. The second-order valence-electron chi connectivity index (χ2n) is 6.71. The van der Waals surface area contributed by atoms with E-state index in [1.807, 2.05) is 0 Å². The standard InChI is InChI=1S/C22H20Si/c1-23(2)21-11-7-6-10-20(21)16-22(23)19-14-12-18(13-15-19)17-8-4-3-5-9-17/h3-16H,1-2H3. The van der Waals surface area contributed by atoms with Crippen LogP contribution in [0.4, 0.5) is 0 Å². The van der Waals surface area contributed by atoms with Gasteiger partial charge in [0.05, 0.1) is 0 Å². The minimum absolute atomic E-state index is 1.28. The molecule has 112 valence electrons. The van der Waals surface area contributed by atoms with Gasteiger partial charge in [-0.2, -0.15) is 0 Å². The van der Waals surface area contributed by atoms with Gasteiger partial charge in [0.2, 0.25) is 0 Å². The molecule has 0 unspecified atom stereocenters. The third-order valence-corrected chi connectivity index (χ3v) is 8.49. The van der Waals surface area contributed by atoms with E-state index < -0.39 is 8.07 Å². The van der Waals surface area contributed by atoms with E-state index in [0.29, 0.717) is 0 Å². The first-order valence-corrected chi connectivity index (χ1v) is 11.1. The van der Waals surface area contributed by atoms with Crippen LogP contribution in [0.25, 0.3) is 22.4 Å². The fraction of sp³-hybridized carbons (Fsp3) is 0.0909. The van der Waals surface area contributed by atoms with Gasteiger partial charge < -0.3 is 0 Å². The molecule has 0 amide bonds. The van der Waals surface area contributed by atoms with Crippen LogP contribution in [0.15, 0.2) is 78.9 Å². The monoisotopic (exact) mass is 312 g/mol. The van der Waals surface area contributed by atoms with Crippen LogP contribution in [-0.4, -0.2) is 8.07 Å². The lowest BCUT2D eigenvalue weighted by molar-refractivity contribution is 1.59. The van der Waals surface area contributed by atoms with Gasteiger partial charge in [0.25, 0.3) is 0 Å². The van der Waals surface area contributed by atoms with Crippen molar-refractivity contribution in [3.8, 4) is 11.1 Å². The average molecular weight is 312 g/mol. The first-order valence-electron chi connectivity index (χ1n) is 8.14. The second-order valence-corrected chi connectivity index (χ2v) is 11.0. The van der Waals surface area contributed by atoms with Crippen molar-refractivity contribution in [2.75, 3.05) is 0 Å². The quantitative estimate of drug-likeness (QED) is 0.559. The largest absolute Gasteiger partial charge is 0.113 e. The van der Waals surface area contributed by atoms with E-state index in [4.69, 9.17) is 0 Å². The van der Waals surface area contributed by atoms with Crippen molar-refractivity contribution in [3.05, 3.63) is 90.0 Å². The van der Waals surface area contributed by atoms with Gasteiger partial charge in [-0.3, -0.25) is 0 Å². The number of rotatable bonds is 2. The molecule has 0 aromatic heterocycles. The first kappa shape index (κ1) is 14.2. The molecule has 0 saturated heterocycles. The van der Waals surface area contributed by atoms with E-state index in [0.717, 1.165) is 0 Å². The van der Waals surface area contributed by atoms with Gasteiger partial charge in [-0.25, -0.2) is 0 Å². The summed E-state index contributed by atoms with van der Waals surface area (Å²) in [5.74, 6) is 0. The summed E-state index contributed by atoms with van der Waals surface area (Å²) in [4.78, 5) is 0. The maximum absolute atomic E-state index is 2.45. The van der Waals surface area contributed by atoms with Gasteiger partial charge in [-0.1, -0.05) is 98.0 Å². The molecule has 0 nitrogen and oxygen atoms in total. The van der Waals surface area contributed by atoms with Crippen molar-refractivity contribution in [1.82, 2.24) is 0 Å². The minimum Gasteiger partial charge on any atom is -0.0623 e. The Balaban J connectivity index is 1.73. The fourth-order valence-corrected chi connectivity index (χ4v) is 6.68. The molecule has 0 N–H and O–H groups in total. The van der Waals surface area contributed by atoms with Crippen LogP contribution in [-0.2, 0) is 0 Å². The Bertz CT molecular complexity index is 871. The SMILES string of the molecule is C[Si]1(C)C(c2ccc(-c3ccccc3)cc2)=Cc2ccccc21. The third kappa shape index (κ3) is 2.38. The second kappa shape index (κ2) is 5.36. The molecule has 1 aliphatic heterocycles. The van der Waals surface area contributed by atoms with Crippen LogP contribution in [0.1, 0.15) is 11.1 Å². The molecule has 3 aromatic rings. The molecule has 1 heteroatoms. The van der Waals surface area contributed by atoms with Crippen molar-refractivity contribution in [1.29, 1.82) is 0 Å². The van der Waals surface area contributed by atoms with Crippen molar-refractivity contribution in [3.63, 3.8) is 0 Å². The number of fused-ring (bicyclic) bond motifs is 1. The summed E-state index contributed by atoms with van der Waals surface area (Å²) in [7, 11) is -1.57. The van der Waals surface area contributed by atoms with Crippen LogP contribution >= 0.6 is 0 Å². The van der Waals surface area contributed by atoms with E-state index in [2.05, 4.69) is 98.0 Å². The Morgan fingerprint density at radius 3 is 1.83 bits per heavy atom. The molecule has 1 aliphatic rings. The fourth-order valence-electron chi connectivity index (χ4n) is 3.59. The van der Waals surface area contributed by atoms with E-state index in [9.17, 15) is 0 Å². The van der Waals surface area contributed by atoms with Crippen molar-refractivity contribution in [2.45, 2.75) is 13.1 Å². The highest BCUT2D eigenvalue weighted by atomic mass is 28.3. The van der Waals surface area contributed by atoms with E-state index in [1.54, 1.807) is 10.4 Å². The van der Waals surface area contributed by atoms with Crippen molar-refractivity contribution >= 4 is 24.5 Å². The predicted octanol–water partition coefficient (Wildman–Crippen LogP) is 5.36. The van der Waals surface area contributed by atoms with E-state index in [1.165, 1.54) is 22.3 Å². The Morgan fingerprint density at radius 1 is 0.565 bits per heavy atom. The zero-order valence-electron chi connectivity index (χ0n) is 13.6. The summed E-state index contributed by atoms with van der Waals surface area (Å²) >= 11 is 0. The smallest absolute Gasteiger partial charge is 0.0623 e. The normalized spacial score (nSPS) is 15.1. The molecule has 0 saturated carbocycles. The van der Waals surface area contributed by atoms with E-state index >= 15 is 0 Å². The maximum atomic E-state index is 2.45. The van der Waals surface area contributed by atoms with Crippen LogP contribution in [0.3, 0.4) is 0 Å². The summed E-state index contributed by atoms with van der Waals surface area (Å²) in [6, 6.07) is 28.5. The van der Waals surface area contributed by atoms with Gasteiger partial charge in [0, 0.05) is 0 Å². The Morgan fingerprint density at radius 2 is 1.13 bits per heavy atom. The Hall–Kier alpha value is -2.38. The summed E-state index contributed by atoms with van der Waals surface area (Å²) < 4.78 is 0. The van der Waals surface area contributed by atoms with E-state index in [-0.39, 0.29) is 0 Å². The van der Waals surface area contributed by atoms with Gasteiger partial charge in [0.1, 0.15) is 8.07 Å². The molecule has 0 spiro atoms. The molecule has 23 heavy (non-hydrogen) atoms. The lowest BCUT2D eigenvalue weighted by Gasteiger charge is -2.22. The highest BCUT2D eigenvalue weighted by Gasteiger charge is 2.35. The van der Waals surface area contributed by atoms with Gasteiger partial charge >= 0.3 is 0 Å². The number of hydrogen-bond acceptors (Lipinski definition) is 0. The maximum Gasteiger partial charge on any atom is 0.113 e. The molecule has 0 aliphatic carbocycles. The molecule has 1 heterocycles. The van der Waals surface area contributed by atoms with Crippen LogP contribution in [0.2, 0.25) is 13.1 Å². The van der Waals surface area contributed by atoms with Crippen molar-refractivity contribution < 1.29 is 0 Å². The molecular formula is C22H20Si. The molecule has 0 bridgehead atoms. The highest BCUT2D eigenvalue weighted by molar-refractivity contribution is 7.07. The van der Waals surface area contributed by atoms with Crippen LogP contribution < -0.4 is 5.19 Å². The van der Waals surface area contributed by atoms with Crippen molar-refractivity contribution in [2.24, 2.45) is 0 Å². The average Bonchev–Trinajstić information content (AvgIpc) is 2.87. The first-order chi connectivity index (χ1) is 11.2. The van der Waals surface area contributed by atoms with Gasteiger partial charge in [0.15, 0.2) is 0 Å². The highest BCUT2D eigenvalue weighted by Crippen LogP contribution is 2.34. The predicted molar refractivity (Wildman–Crippen MR) is 103 cm³/mol.